The van der Waals surface area contributed by atoms with E-state index in [1.165, 1.54) is 29.8 Å². The number of rotatable bonds is 8. The Labute approximate surface area is 180 Å². The third-order valence-electron chi connectivity index (χ3n) is 4.93. The summed E-state index contributed by atoms with van der Waals surface area (Å²) < 4.78 is 39.7. The van der Waals surface area contributed by atoms with Crippen molar-refractivity contribution in [1.29, 1.82) is 0 Å². The van der Waals surface area contributed by atoms with Gasteiger partial charge in [-0.3, -0.25) is 9.36 Å². The van der Waals surface area contributed by atoms with E-state index >= 15 is 0 Å². The largest absolute Gasteiger partial charge is 0.497 e. The van der Waals surface area contributed by atoms with E-state index in [0.29, 0.717) is 11.3 Å². The molecule has 9 nitrogen and oxygen atoms in total. The molecule has 166 valence electrons. The minimum atomic E-state index is -4.04. The van der Waals surface area contributed by atoms with E-state index in [0.717, 1.165) is 5.56 Å². The molecule has 0 spiro atoms. The number of methoxy groups -OCH3 is 1. The number of oxazole rings is 1. The minimum Gasteiger partial charge on any atom is -0.497 e. The molecule has 0 aliphatic carbocycles. The second-order valence-electron chi connectivity index (χ2n) is 7.47. The summed E-state index contributed by atoms with van der Waals surface area (Å²) >= 11 is 0. The van der Waals surface area contributed by atoms with Crippen LogP contribution in [0.2, 0.25) is 0 Å². The third-order valence-corrected chi connectivity index (χ3v) is 6.37. The maximum atomic E-state index is 12.9. The Morgan fingerprint density at radius 2 is 1.84 bits per heavy atom. The molecule has 1 amide bonds. The van der Waals surface area contributed by atoms with Gasteiger partial charge in [0.1, 0.15) is 11.8 Å². The van der Waals surface area contributed by atoms with Crippen molar-refractivity contribution in [3.8, 4) is 5.75 Å². The zero-order valence-electron chi connectivity index (χ0n) is 17.7. The zero-order chi connectivity index (χ0) is 22.8. The predicted molar refractivity (Wildman–Crippen MR) is 115 cm³/mol. The first-order valence-electron chi connectivity index (χ1n) is 9.65. The molecule has 0 fully saturated rings. The maximum absolute atomic E-state index is 12.9. The highest BCUT2D eigenvalue weighted by Crippen LogP contribution is 2.19. The number of fused-ring (bicyclic) bond motifs is 1. The number of nitrogens with one attached hydrogen (secondary N) is 2. The molecule has 0 radical (unpaired) electrons. The Bertz CT molecular complexity index is 1240. The van der Waals surface area contributed by atoms with Gasteiger partial charge >= 0.3 is 5.76 Å². The van der Waals surface area contributed by atoms with E-state index in [1.807, 2.05) is 12.1 Å². The molecular formula is C21H25N3O6S. The number of nitrogens with zero attached hydrogens (tertiary/aromatic N) is 1. The summed E-state index contributed by atoms with van der Waals surface area (Å²) in [4.78, 5) is 24.3. The number of carbonyl (C=O) groups is 1. The first-order chi connectivity index (χ1) is 14.6. The molecule has 3 aromatic rings. The van der Waals surface area contributed by atoms with Gasteiger partial charge in [0.2, 0.25) is 15.9 Å². The quantitative estimate of drug-likeness (QED) is 0.543. The number of ether oxygens (including phenoxy) is 1. The lowest BCUT2D eigenvalue weighted by molar-refractivity contribution is -0.123. The van der Waals surface area contributed by atoms with Gasteiger partial charge in [0.05, 0.1) is 17.5 Å². The highest BCUT2D eigenvalue weighted by molar-refractivity contribution is 7.89. The fourth-order valence-corrected chi connectivity index (χ4v) is 4.41. The molecule has 3 rings (SSSR count). The molecule has 1 heterocycles. The number of amides is 1. The molecule has 1 atom stereocenters. The van der Waals surface area contributed by atoms with E-state index in [2.05, 4.69) is 10.0 Å². The van der Waals surface area contributed by atoms with Crippen molar-refractivity contribution >= 4 is 27.0 Å². The van der Waals surface area contributed by atoms with Crippen LogP contribution in [0.1, 0.15) is 19.4 Å². The van der Waals surface area contributed by atoms with Gasteiger partial charge in [0.15, 0.2) is 5.58 Å². The Hall–Kier alpha value is -3.11. The first-order valence-corrected chi connectivity index (χ1v) is 11.1. The van der Waals surface area contributed by atoms with Gasteiger partial charge in [-0.2, -0.15) is 4.72 Å². The molecule has 0 aliphatic heterocycles. The highest BCUT2D eigenvalue weighted by Gasteiger charge is 2.28. The van der Waals surface area contributed by atoms with E-state index < -0.39 is 27.7 Å². The third kappa shape index (κ3) is 4.97. The number of aromatic nitrogens is 1. The standard InChI is InChI=1S/C21H25N3O6S/c1-13(2)19(20(25)22-12-14-5-7-15(29-4)8-6-14)23-31(27,28)16-9-10-17-18(11-16)30-21(26)24(17)3/h5-11,13,19,23H,12H2,1-4H3,(H,22,25)/t19-/m0/s1. The van der Waals surface area contributed by atoms with Gasteiger partial charge in [0.25, 0.3) is 0 Å². The normalized spacial score (nSPS) is 12.8. The van der Waals surface area contributed by atoms with Crippen molar-refractivity contribution in [3.05, 3.63) is 58.6 Å². The van der Waals surface area contributed by atoms with Crippen molar-refractivity contribution in [2.45, 2.75) is 31.3 Å². The van der Waals surface area contributed by atoms with E-state index in [-0.39, 0.29) is 22.9 Å². The average molecular weight is 448 g/mol. The van der Waals surface area contributed by atoms with Crippen LogP contribution in [0.25, 0.3) is 11.1 Å². The van der Waals surface area contributed by atoms with Crippen LogP contribution in [-0.4, -0.2) is 32.0 Å². The lowest BCUT2D eigenvalue weighted by atomic mass is 10.0. The Morgan fingerprint density at radius 1 is 1.16 bits per heavy atom. The van der Waals surface area contributed by atoms with Crippen LogP contribution in [0, 0.1) is 5.92 Å². The van der Waals surface area contributed by atoms with Crippen LogP contribution in [-0.2, 0) is 28.4 Å². The Kier molecular flexibility index (Phi) is 6.51. The van der Waals surface area contributed by atoms with Gasteiger partial charge in [-0.05, 0) is 35.7 Å². The summed E-state index contributed by atoms with van der Waals surface area (Å²) in [5.41, 5.74) is 1.48. The molecule has 2 aromatic carbocycles. The van der Waals surface area contributed by atoms with Crippen molar-refractivity contribution in [3.63, 3.8) is 0 Å². The fraction of sp³-hybridized carbons (Fsp3) is 0.333. The van der Waals surface area contributed by atoms with Crippen LogP contribution in [0.15, 0.2) is 56.6 Å². The lowest BCUT2D eigenvalue weighted by Crippen LogP contribution is -2.49. The van der Waals surface area contributed by atoms with E-state index in [1.54, 1.807) is 33.1 Å². The Balaban J connectivity index is 1.75. The zero-order valence-corrected chi connectivity index (χ0v) is 18.5. The van der Waals surface area contributed by atoms with Gasteiger partial charge < -0.3 is 14.5 Å². The highest BCUT2D eigenvalue weighted by atomic mass is 32.2. The Morgan fingerprint density at radius 3 is 2.45 bits per heavy atom. The fourth-order valence-electron chi connectivity index (χ4n) is 3.05. The number of hydrogen-bond donors (Lipinski definition) is 2. The summed E-state index contributed by atoms with van der Waals surface area (Å²) in [5.74, 6) is -0.629. The molecule has 0 saturated heterocycles. The first kappa shape index (κ1) is 22.6. The van der Waals surface area contributed by atoms with Gasteiger partial charge in [-0.15, -0.1) is 0 Å². The molecule has 0 bridgehead atoms. The molecule has 31 heavy (non-hydrogen) atoms. The van der Waals surface area contributed by atoms with E-state index in [9.17, 15) is 18.0 Å². The molecule has 0 aliphatic rings. The van der Waals surface area contributed by atoms with Crippen LogP contribution in [0.5, 0.6) is 5.75 Å². The van der Waals surface area contributed by atoms with Crippen LogP contribution >= 0.6 is 0 Å². The monoisotopic (exact) mass is 447 g/mol. The second-order valence-corrected chi connectivity index (χ2v) is 9.18. The van der Waals surface area contributed by atoms with Crippen molar-refractivity contribution < 1.29 is 22.4 Å². The van der Waals surface area contributed by atoms with Crippen LogP contribution in [0.3, 0.4) is 0 Å². The predicted octanol–water partition coefficient (Wildman–Crippen LogP) is 1.76. The van der Waals surface area contributed by atoms with Crippen LogP contribution in [0.4, 0.5) is 0 Å². The van der Waals surface area contributed by atoms with Crippen molar-refractivity contribution in [2.24, 2.45) is 13.0 Å². The summed E-state index contributed by atoms with van der Waals surface area (Å²) in [7, 11) is -0.936. The lowest BCUT2D eigenvalue weighted by Gasteiger charge is -2.21. The van der Waals surface area contributed by atoms with Crippen molar-refractivity contribution in [2.75, 3.05) is 7.11 Å². The summed E-state index contributed by atoms with van der Waals surface area (Å²) in [6, 6.07) is 10.3. The van der Waals surface area contributed by atoms with Gasteiger partial charge in [-0.1, -0.05) is 26.0 Å². The summed E-state index contributed by atoms with van der Waals surface area (Å²) in [6.45, 7) is 3.74. The minimum absolute atomic E-state index is 0.0945. The van der Waals surface area contributed by atoms with Gasteiger partial charge in [-0.25, -0.2) is 13.2 Å². The molecule has 2 N–H and O–H groups in total. The van der Waals surface area contributed by atoms with Crippen molar-refractivity contribution in [1.82, 2.24) is 14.6 Å². The number of sulfonamides is 1. The number of aryl methyl sites for hydroxylation is 1. The smallest absolute Gasteiger partial charge is 0.419 e. The molecular weight excluding hydrogens is 422 g/mol. The molecule has 0 saturated carbocycles. The topological polar surface area (TPSA) is 120 Å². The number of benzene rings is 2. The molecule has 10 heteroatoms. The van der Waals surface area contributed by atoms with Gasteiger partial charge in [0, 0.05) is 19.7 Å². The summed E-state index contributed by atoms with van der Waals surface area (Å²) in [6.07, 6.45) is 0. The summed E-state index contributed by atoms with van der Waals surface area (Å²) in [5, 5.41) is 2.76. The molecule has 0 unspecified atom stereocenters. The maximum Gasteiger partial charge on any atom is 0.419 e. The second kappa shape index (κ2) is 8.94. The SMILES string of the molecule is COc1ccc(CNC(=O)[C@@H](NS(=O)(=O)c2ccc3c(c2)oc(=O)n3C)C(C)C)cc1. The van der Waals surface area contributed by atoms with E-state index in [4.69, 9.17) is 9.15 Å². The number of carbonyl (C=O) groups excluding carboxylic acids is 1. The average Bonchev–Trinajstić information content (AvgIpc) is 3.03. The van der Waals surface area contributed by atoms with Crippen LogP contribution < -0.4 is 20.5 Å². The molecule has 1 aromatic heterocycles. The number of hydrogen-bond acceptors (Lipinski definition) is 6.